The Kier molecular flexibility index (Phi) is 6.18. The lowest BCUT2D eigenvalue weighted by Crippen LogP contribution is -2.26. The molecule has 18 heavy (non-hydrogen) atoms. The largest absolute Gasteiger partial charge is 0.409 e. The maximum atomic E-state index is 8.63. The van der Waals surface area contributed by atoms with Gasteiger partial charge < -0.3 is 21.0 Å². The summed E-state index contributed by atoms with van der Waals surface area (Å²) in [6, 6.07) is 8.00. The Labute approximate surface area is 108 Å². The number of nitrogens with zero attached hydrogens (tertiary/aromatic N) is 1. The number of methoxy groups -OCH3 is 1. The van der Waals surface area contributed by atoms with Crippen molar-refractivity contribution in [1.82, 2.24) is 5.32 Å². The maximum Gasteiger partial charge on any atom is 0.170 e. The third kappa shape index (κ3) is 4.73. The topological polar surface area (TPSA) is 79.9 Å². The van der Waals surface area contributed by atoms with Crippen molar-refractivity contribution in [3.8, 4) is 0 Å². The molecule has 0 radical (unpaired) electrons. The summed E-state index contributed by atoms with van der Waals surface area (Å²) in [4.78, 5) is 0. The van der Waals surface area contributed by atoms with Gasteiger partial charge in [0, 0.05) is 31.9 Å². The fourth-order valence-corrected chi connectivity index (χ4v) is 1.59. The van der Waals surface area contributed by atoms with Crippen LogP contribution in [-0.2, 0) is 11.3 Å². The van der Waals surface area contributed by atoms with E-state index in [1.807, 2.05) is 24.3 Å². The summed E-state index contributed by atoms with van der Waals surface area (Å²) in [7, 11) is 1.70. The number of ether oxygens (including phenoxy) is 1. The molecule has 0 bridgehead atoms. The number of amidine groups is 1. The molecule has 100 valence electrons. The Morgan fingerprint density at radius 2 is 2.33 bits per heavy atom. The summed E-state index contributed by atoms with van der Waals surface area (Å²) in [6.07, 6.45) is 0.969. The fraction of sp³-hybridized carbons (Fsp3) is 0.462. The second kappa shape index (κ2) is 7.68. The van der Waals surface area contributed by atoms with E-state index >= 15 is 0 Å². The highest BCUT2D eigenvalue weighted by molar-refractivity contribution is 5.97. The molecule has 0 aliphatic rings. The van der Waals surface area contributed by atoms with Crippen LogP contribution in [0.1, 0.15) is 24.5 Å². The molecule has 5 heteroatoms. The number of nitrogens with one attached hydrogen (secondary N) is 1. The monoisotopic (exact) mass is 251 g/mol. The second-order valence-corrected chi connectivity index (χ2v) is 4.25. The van der Waals surface area contributed by atoms with Gasteiger partial charge in [-0.2, -0.15) is 0 Å². The molecule has 0 fully saturated rings. The van der Waals surface area contributed by atoms with Crippen LogP contribution in [0.25, 0.3) is 0 Å². The SMILES string of the molecule is COCCC(C)NCc1cccc(C(N)=NO)c1. The minimum atomic E-state index is 0.129. The van der Waals surface area contributed by atoms with Gasteiger partial charge in [-0.05, 0) is 25.0 Å². The van der Waals surface area contributed by atoms with Crippen molar-refractivity contribution in [1.29, 1.82) is 0 Å². The van der Waals surface area contributed by atoms with Crippen molar-refractivity contribution in [2.45, 2.75) is 25.9 Å². The van der Waals surface area contributed by atoms with Gasteiger partial charge in [-0.25, -0.2) is 0 Å². The van der Waals surface area contributed by atoms with Gasteiger partial charge in [-0.3, -0.25) is 0 Å². The van der Waals surface area contributed by atoms with Crippen LogP contribution in [-0.4, -0.2) is 30.8 Å². The van der Waals surface area contributed by atoms with E-state index in [1.54, 1.807) is 7.11 Å². The number of benzene rings is 1. The van der Waals surface area contributed by atoms with Gasteiger partial charge in [0.05, 0.1) is 0 Å². The Morgan fingerprint density at radius 1 is 1.56 bits per heavy atom. The van der Waals surface area contributed by atoms with Crippen molar-refractivity contribution in [2.75, 3.05) is 13.7 Å². The molecule has 0 aromatic heterocycles. The zero-order valence-corrected chi connectivity index (χ0v) is 10.9. The zero-order chi connectivity index (χ0) is 13.4. The number of hydrogen-bond acceptors (Lipinski definition) is 4. The van der Waals surface area contributed by atoms with Gasteiger partial charge >= 0.3 is 0 Å². The van der Waals surface area contributed by atoms with Crippen molar-refractivity contribution in [3.63, 3.8) is 0 Å². The third-order valence-electron chi connectivity index (χ3n) is 2.74. The second-order valence-electron chi connectivity index (χ2n) is 4.25. The fourth-order valence-electron chi connectivity index (χ4n) is 1.59. The third-order valence-corrected chi connectivity index (χ3v) is 2.74. The van der Waals surface area contributed by atoms with Crippen LogP contribution >= 0.6 is 0 Å². The van der Waals surface area contributed by atoms with Gasteiger partial charge in [-0.15, -0.1) is 0 Å². The van der Waals surface area contributed by atoms with E-state index in [0.29, 0.717) is 6.04 Å². The maximum absolute atomic E-state index is 8.63. The minimum Gasteiger partial charge on any atom is -0.409 e. The lowest BCUT2D eigenvalue weighted by atomic mass is 10.1. The van der Waals surface area contributed by atoms with Crippen LogP contribution < -0.4 is 11.1 Å². The van der Waals surface area contributed by atoms with Gasteiger partial charge in [0.25, 0.3) is 0 Å². The molecule has 0 heterocycles. The molecule has 0 aliphatic heterocycles. The Bertz CT molecular complexity index is 394. The van der Waals surface area contributed by atoms with E-state index in [-0.39, 0.29) is 5.84 Å². The predicted octanol–water partition coefficient (Wildman–Crippen LogP) is 1.30. The normalized spacial score (nSPS) is 13.6. The average Bonchev–Trinajstić information content (AvgIpc) is 2.42. The van der Waals surface area contributed by atoms with Crippen molar-refractivity contribution in [2.24, 2.45) is 10.9 Å². The van der Waals surface area contributed by atoms with Crippen molar-refractivity contribution >= 4 is 5.84 Å². The van der Waals surface area contributed by atoms with E-state index in [4.69, 9.17) is 15.7 Å². The molecule has 0 spiro atoms. The van der Waals surface area contributed by atoms with Crippen LogP contribution in [0.5, 0.6) is 0 Å². The number of rotatable bonds is 7. The van der Waals surface area contributed by atoms with Gasteiger partial charge in [0.15, 0.2) is 5.84 Å². The summed E-state index contributed by atoms with van der Waals surface area (Å²) in [5.41, 5.74) is 7.37. The van der Waals surface area contributed by atoms with Crippen LogP contribution in [0.15, 0.2) is 29.4 Å². The first kappa shape index (κ1) is 14.5. The highest BCUT2D eigenvalue weighted by atomic mass is 16.5. The molecule has 5 nitrogen and oxygen atoms in total. The summed E-state index contributed by atoms with van der Waals surface area (Å²) >= 11 is 0. The van der Waals surface area contributed by atoms with E-state index < -0.39 is 0 Å². The lowest BCUT2D eigenvalue weighted by molar-refractivity contribution is 0.184. The smallest absolute Gasteiger partial charge is 0.170 e. The van der Waals surface area contributed by atoms with Gasteiger partial charge in [0.2, 0.25) is 0 Å². The van der Waals surface area contributed by atoms with E-state index in [9.17, 15) is 0 Å². The Morgan fingerprint density at radius 3 is 3.00 bits per heavy atom. The van der Waals surface area contributed by atoms with Crippen LogP contribution in [0.4, 0.5) is 0 Å². The molecule has 0 saturated carbocycles. The molecule has 1 unspecified atom stereocenters. The highest BCUT2D eigenvalue weighted by Gasteiger charge is 2.03. The number of hydrogen-bond donors (Lipinski definition) is 3. The quantitative estimate of drug-likeness (QED) is 0.295. The molecule has 0 aliphatic carbocycles. The molecule has 1 aromatic carbocycles. The first-order valence-corrected chi connectivity index (χ1v) is 5.96. The van der Waals surface area contributed by atoms with Crippen LogP contribution in [0, 0.1) is 0 Å². The van der Waals surface area contributed by atoms with E-state index in [0.717, 1.165) is 30.7 Å². The van der Waals surface area contributed by atoms with Crippen LogP contribution in [0.3, 0.4) is 0 Å². The summed E-state index contributed by atoms with van der Waals surface area (Å²) < 4.78 is 5.03. The van der Waals surface area contributed by atoms with Crippen molar-refractivity contribution < 1.29 is 9.94 Å². The number of oxime groups is 1. The Balaban J connectivity index is 2.52. The predicted molar refractivity (Wildman–Crippen MR) is 71.7 cm³/mol. The first-order valence-electron chi connectivity index (χ1n) is 5.96. The van der Waals surface area contributed by atoms with Crippen LogP contribution in [0.2, 0.25) is 0 Å². The van der Waals surface area contributed by atoms with E-state index in [1.165, 1.54) is 0 Å². The molecule has 4 N–H and O–H groups in total. The average molecular weight is 251 g/mol. The Hall–Kier alpha value is -1.59. The molecule has 1 aromatic rings. The molecule has 1 rings (SSSR count). The molecule has 0 saturated heterocycles. The van der Waals surface area contributed by atoms with Crippen molar-refractivity contribution in [3.05, 3.63) is 35.4 Å². The lowest BCUT2D eigenvalue weighted by Gasteiger charge is -2.13. The summed E-state index contributed by atoms with van der Waals surface area (Å²) in [6.45, 7) is 3.61. The zero-order valence-electron chi connectivity index (χ0n) is 10.9. The van der Waals surface area contributed by atoms with Gasteiger partial charge in [-0.1, -0.05) is 23.4 Å². The number of nitrogens with two attached hydrogens (primary N) is 1. The van der Waals surface area contributed by atoms with E-state index in [2.05, 4.69) is 17.4 Å². The highest BCUT2D eigenvalue weighted by Crippen LogP contribution is 2.05. The molecular weight excluding hydrogens is 230 g/mol. The summed E-state index contributed by atoms with van der Waals surface area (Å²) in [5.74, 6) is 0.129. The first-order chi connectivity index (χ1) is 8.67. The minimum absolute atomic E-state index is 0.129. The summed E-state index contributed by atoms with van der Waals surface area (Å²) in [5, 5.41) is 15.0. The standard InChI is InChI=1S/C13H21N3O2/c1-10(6-7-18-2)15-9-11-4-3-5-12(8-11)13(14)16-17/h3-5,8,10,15,17H,6-7,9H2,1-2H3,(H2,14,16). The van der Waals surface area contributed by atoms with Gasteiger partial charge in [0.1, 0.15) is 0 Å². The molecule has 1 atom stereocenters. The molecule has 0 amide bonds. The molecular formula is C13H21N3O2.